The van der Waals surface area contributed by atoms with Gasteiger partial charge in [0.25, 0.3) is 0 Å². The lowest BCUT2D eigenvalue weighted by Crippen LogP contribution is -2.45. The monoisotopic (exact) mass is 310 g/mol. The Kier molecular flexibility index (Phi) is 4.56. The van der Waals surface area contributed by atoms with Gasteiger partial charge in [-0.15, -0.1) is 0 Å². The van der Waals surface area contributed by atoms with Crippen LogP contribution in [0, 0.1) is 6.92 Å². The number of benzene rings is 1. The maximum Gasteiger partial charge on any atom is 0.244 e. The molecular weight excluding hydrogens is 288 g/mol. The fourth-order valence-electron chi connectivity index (χ4n) is 2.61. The Balaban J connectivity index is 1.99. The summed E-state index contributed by atoms with van der Waals surface area (Å²) in [7, 11) is -1.30. The second-order valence-electron chi connectivity index (χ2n) is 5.74. The molecule has 0 spiro atoms. The van der Waals surface area contributed by atoms with Crippen LogP contribution < -0.4 is 5.32 Å². The molecule has 1 heterocycles. The first-order valence-electron chi connectivity index (χ1n) is 7.09. The van der Waals surface area contributed by atoms with Gasteiger partial charge in [-0.05, 0) is 38.0 Å². The zero-order valence-corrected chi connectivity index (χ0v) is 13.5. The summed E-state index contributed by atoms with van der Waals surface area (Å²) < 4.78 is 23.0. The van der Waals surface area contributed by atoms with Crippen molar-refractivity contribution in [2.24, 2.45) is 0 Å². The van der Waals surface area contributed by atoms with Crippen molar-refractivity contribution in [3.05, 3.63) is 29.8 Å². The van der Waals surface area contributed by atoms with Crippen molar-refractivity contribution in [1.82, 2.24) is 4.90 Å². The van der Waals surface area contributed by atoms with Crippen LogP contribution in [-0.4, -0.2) is 49.9 Å². The molecule has 1 amide bonds. The van der Waals surface area contributed by atoms with Gasteiger partial charge in [-0.3, -0.25) is 4.79 Å². The summed E-state index contributed by atoms with van der Waals surface area (Å²) in [6.07, 6.45) is 0.530. The van der Waals surface area contributed by atoms with E-state index in [1.807, 2.05) is 31.2 Å². The fraction of sp³-hybridized carbons (Fsp3) is 0.533. The zero-order valence-electron chi connectivity index (χ0n) is 12.7. The standard InChI is InChI=1S/C15H22N2O3S/c1-11-5-4-6-13(9-11)16-12(2)15(18)17(3)14-7-8-21(19,20)10-14/h4-6,9,12,14,16H,7-8,10H2,1-3H3/t12-,14+/m0/s1. The van der Waals surface area contributed by atoms with Crippen LogP contribution in [0.15, 0.2) is 24.3 Å². The average Bonchev–Trinajstić information content (AvgIpc) is 2.77. The Bertz CT molecular complexity index is 628. The second kappa shape index (κ2) is 6.05. The number of sulfone groups is 1. The first-order valence-corrected chi connectivity index (χ1v) is 8.91. The minimum atomic E-state index is -2.98. The molecule has 0 aromatic heterocycles. The SMILES string of the molecule is Cc1cccc(N[C@@H](C)C(=O)N(C)[C@@H]2CCS(=O)(=O)C2)c1. The molecule has 1 saturated heterocycles. The number of hydrogen-bond acceptors (Lipinski definition) is 4. The molecule has 1 N–H and O–H groups in total. The smallest absolute Gasteiger partial charge is 0.244 e. The number of nitrogens with zero attached hydrogens (tertiary/aromatic N) is 1. The molecule has 21 heavy (non-hydrogen) atoms. The van der Waals surface area contributed by atoms with E-state index in [1.54, 1.807) is 18.9 Å². The van der Waals surface area contributed by atoms with Crippen LogP contribution in [-0.2, 0) is 14.6 Å². The summed E-state index contributed by atoms with van der Waals surface area (Å²) >= 11 is 0. The second-order valence-corrected chi connectivity index (χ2v) is 7.97. The molecule has 2 atom stereocenters. The highest BCUT2D eigenvalue weighted by Gasteiger charge is 2.33. The number of amides is 1. The van der Waals surface area contributed by atoms with Crippen LogP contribution >= 0.6 is 0 Å². The van der Waals surface area contributed by atoms with Gasteiger partial charge in [0.15, 0.2) is 9.84 Å². The van der Waals surface area contributed by atoms with Crippen LogP contribution in [0.2, 0.25) is 0 Å². The van der Waals surface area contributed by atoms with Gasteiger partial charge in [0, 0.05) is 18.8 Å². The van der Waals surface area contributed by atoms with E-state index in [1.165, 1.54) is 0 Å². The molecule has 1 aliphatic rings. The summed E-state index contributed by atoms with van der Waals surface area (Å²) in [6, 6.07) is 7.22. The third-order valence-corrected chi connectivity index (χ3v) is 5.63. The molecule has 1 aromatic rings. The van der Waals surface area contributed by atoms with E-state index in [0.717, 1.165) is 11.3 Å². The van der Waals surface area contributed by atoms with Gasteiger partial charge < -0.3 is 10.2 Å². The molecule has 1 aliphatic heterocycles. The molecule has 1 aromatic carbocycles. The molecule has 5 nitrogen and oxygen atoms in total. The summed E-state index contributed by atoms with van der Waals surface area (Å²) in [5.41, 5.74) is 2.01. The van der Waals surface area contributed by atoms with E-state index in [0.29, 0.717) is 6.42 Å². The first-order chi connectivity index (χ1) is 9.78. The van der Waals surface area contributed by atoms with Crippen LogP contribution in [0.5, 0.6) is 0 Å². The largest absolute Gasteiger partial charge is 0.374 e. The van der Waals surface area contributed by atoms with Crippen molar-refractivity contribution in [2.45, 2.75) is 32.4 Å². The molecular formula is C15H22N2O3S. The van der Waals surface area contributed by atoms with Crippen LogP contribution in [0.4, 0.5) is 5.69 Å². The van der Waals surface area contributed by atoms with Gasteiger partial charge in [0.1, 0.15) is 6.04 Å². The number of anilines is 1. The quantitative estimate of drug-likeness (QED) is 0.914. The normalized spacial score (nSPS) is 21.8. The van der Waals surface area contributed by atoms with Gasteiger partial charge in [-0.2, -0.15) is 0 Å². The van der Waals surface area contributed by atoms with Gasteiger partial charge >= 0.3 is 0 Å². The highest BCUT2D eigenvalue weighted by atomic mass is 32.2. The third kappa shape index (κ3) is 3.97. The van der Waals surface area contributed by atoms with Crippen LogP contribution in [0.25, 0.3) is 0 Å². The number of likely N-dealkylation sites (N-methyl/N-ethyl adjacent to an activating group) is 1. The van der Waals surface area contributed by atoms with Crippen molar-refractivity contribution in [2.75, 3.05) is 23.9 Å². The maximum absolute atomic E-state index is 12.4. The first kappa shape index (κ1) is 15.8. The van der Waals surface area contributed by atoms with Gasteiger partial charge in [-0.1, -0.05) is 12.1 Å². The van der Waals surface area contributed by atoms with E-state index in [4.69, 9.17) is 0 Å². The molecule has 0 bridgehead atoms. The average molecular weight is 310 g/mol. The molecule has 2 rings (SSSR count). The minimum Gasteiger partial charge on any atom is -0.374 e. The van der Waals surface area contributed by atoms with E-state index in [9.17, 15) is 13.2 Å². The Labute approximate surface area is 126 Å². The number of carbonyl (C=O) groups excluding carboxylic acids is 1. The lowest BCUT2D eigenvalue weighted by Gasteiger charge is -2.27. The van der Waals surface area contributed by atoms with E-state index >= 15 is 0 Å². The fourth-order valence-corrected chi connectivity index (χ4v) is 4.39. The summed E-state index contributed by atoms with van der Waals surface area (Å²) in [5.74, 6) is 0.167. The molecule has 1 fully saturated rings. The Morgan fingerprint density at radius 2 is 2.14 bits per heavy atom. The molecule has 6 heteroatoms. The molecule has 0 aliphatic carbocycles. The topological polar surface area (TPSA) is 66.5 Å². The van der Waals surface area contributed by atoms with Gasteiger partial charge in [-0.25, -0.2) is 8.42 Å². The number of rotatable bonds is 4. The predicted molar refractivity (Wildman–Crippen MR) is 84.1 cm³/mol. The van der Waals surface area contributed by atoms with Crippen LogP contribution in [0.3, 0.4) is 0 Å². The minimum absolute atomic E-state index is 0.0758. The molecule has 0 unspecified atom stereocenters. The Hall–Kier alpha value is -1.56. The number of aryl methyl sites for hydroxylation is 1. The Morgan fingerprint density at radius 1 is 1.43 bits per heavy atom. The van der Waals surface area contributed by atoms with Crippen molar-refractivity contribution in [3.63, 3.8) is 0 Å². The summed E-state index contributed by atoms with van der Waals surface area (Å²) in [6.45, 7) is 3.79. The predicted octanol–water partition coefficient (Wildman–Crippen LogP) is 1.44. The molecule has 116 valence electrons. The van der Waals surface area contributed by atoms with E-state index in [2.05, 4.69) is 5.32 Å². The highest BCUT2D eigenvalue weighted by Crippen LogP contribution is 2.18. The maximum atomic E-state index is 12.4. The van der Waals surface area contributed by atoms with E-state index in [-0.39, 0.29) is 29.5 Å². The van der Waals surface area contributed by atoms with Crippen molar-refractivity contribution >= 4 is 21.4 Å². The number of carbonyl (C=O) groups is 1. The van der Waals surface area contributed by atoms with E-state index < -0.39 is 9.84 Å². The van der Waals surface area contributed by atoms with Crippen molar-refractivity contribution in [3.8, 4) is 0 Å². The van der Waals surface area contributed by atoms with Crippen molar-refractivity contribution < 1.29 is 13.2 Å². The van der Waals surface area contributed by atoms with Crippen LogP contribution in [0.1, 0.15) is 18.9 Å². The summed E-state index contributed by atoms with van der Waals surface area (Å²) in [4.78, 5) is 14.0. The summed E-state index contributed by atoms with van der Waals surface area (Å²) in [5, 5.41) is 3.17. The highest BCUT2D eigenvalue weighted by molar-refractivity contribution is 7.91. The number of nitrogens with one attached hydrogen (secondary N) is 1. The van der Waals surface area contributed by atoms with Gasteiger partial charge in [0.2, 0.25) is 5.91 Å². The van der Waals surface area contributed by atoms with Gasteiger partial charge in [0.05, 0.1) is 11.5 Å². The number of hydrogen-bond donors (Lipinski definition) is 1. The lowest BCUT2D eigenvalue weighted by molar-refractivity contribution is -0.132. The molecule has 0 saturated carbocycles. The van der Waals surface area contributed by atoms with Crippen molar-refractivity contribution in [1.29, 1.82) is 0 Å². The zero-order chi connectivity index (χ0) is 15.6. The third-order valence-electron chi connectivity index (χ3n) is 3.88. The molecule has 0 radical (unpaired) electrons. The lowest BCUT2D eigenvalue weighted by atomic mass is 10.1. The Morgan fingerprint density at radius 3 is 2.71 bits per heavy atom.